The van der Waals surface area contributed by atoms with Crippen LogP contribution in [0.1, 0.15) is 19.4 Å². The molecule has 4 heteroatoms. The molecule has 2 rings (SSSR count). The summed E-state index contributed by atoms with van der Waals surface area (Å²) < 4.78 is 11.5. The van der Waals surface area contributed by atoms with E-state index in [1.165, 1.54) is 0 Å². The van der Waals surface area contributed by atoms with Gasteiger partial charge in [0.15, 0.2) is 11.5 Å². The number of ether oxygens (including phenoxy) is 2. The predicted octanol–water partition coefficient (Wildman–Crippen LogP) is 4.79. The summed E-state index contributed by atoms with van der Waals surface area (Å²) in [6.45, 7) is 3.91. The van der Waals surface area contributed by atoms with Gasteiger partial charge in [0, 0.05) is 6.07 Å². The predicted molar refractivity (Wildman–Crippen MR) is 78.4 cm³/mol. The van der Waals surface area contributed by atoms with Gasteiger partial charge in [-0.05, 0) is 38.1 Å². The zero-order valence-electron chi connectivity index (χ0n) is 11.3. The molecule has 0 amide bonds. The first kappa shape index (κ1) is 14.2. The molecule has 0 radical (unpaired) electrons. The number of halogens is 1. The largest absolute Gasteiger partial charge is 0.487 e. The maximum atomic E-state index is 8.85. The van der Waals surface area contributed by atoms with Crippen LogP contribution in [-0.4, -0.2) is 6.10 Å². The van der Waals surface area contributed by atoms with Gasteiger partial charge >= 0.3 is 0 Å². The highest BCUT2D eigenvalue weighted by molar-refractivity contribution is 6.31. The summed E-state index contributed by atoms with van der Waals surface area (Å²) in [5.74, 6) is 1.85. The lowest BCUT2D eigenvalue weighted by molar-refractivity contribution is 0.233. The van der Waals surface area contributed by atoms with Gasteiger partial charge in [-0.25, -0.2) is 0 Å². The quantitative estimate of drug-likeness (QED) is 0.812. The number of nitriles is 1. The van der Waals surface area contributed by atoms with Crippen molar-refractivity contribution in [1.82, 2.24) is 0 Å². The minimum atomic E-state index is 0.0595. The fourth-order valence-corrected chi connectivity index (χ4v) is 1.88. The van der Waals surface area contributed by atoms with E-state index in [-0.39, 0.29) is 6.10 Å². The van der Waals surface area contributed by atoms with E-state index in [0.717, 1.165) is 0 Å². The Kier molecular flexibility index (Phi) is 4.49. The number of hydrogen-bond acceptors (Lipinski definition) is 3. The van der Waals surface area contributed by atoms with Gasteiger partial charge in [0.1, 0.15) is 11.8 Å². The molecule has 0 heterocycles. The number of para-hydroxylation sites is 2. The topological polar surface area (TPSA) is 42.2 Å². The average molecular weight is 288 g/mol. The van der Waals surface area contributed by atoms with Gasteiger partial charge < -0.3 is 9.47 Å². The molecule has 2 aromatic rings. The lowest BCUT2D eigenvalue weighted by atomic mass is 10.2. The molecular weight excluding hydrogens is 274 g/mol. The van der Waals surface area contributed by atoms with Crippen molar-refractivity contribution >= 4 is 11.6 Å². The highest BCUT2D eigenvalue weighted by Crippen LogP contribution is 2.33. The van der Waals surface area contributed by atoms with E-state index in [1.54, 1.807) is 18.2 Å². The molecule has 0 aliphatic heterocycles. The van der Waals surface area contributed by atoms with E-state index in [4.69, 9.17) is 26.3 Å². The summed E-state index contributed by atoms with van der Waals surface area (Å²) in [4.78, 5) is 0. The van der Waals surface area contributed by atoms with Gasteiger partial charge in [-0.15, -0.1) is 0 Å². The van der Waals surface area contributed by atoms with Crippen LogP contribution < -0.4 is 9.47 Å². The molecule has 102 valence electrons. The van der Waals surface area contributed by atoms with E-state index >= 15 is 0 Å². The summed E-state index contributed by atoms with van der Waals surface area (Å²) >= 11 is 5.99. The standard InChI is InChI=1S/C16H14ClNO2/c1-11(2)19-15-5-3-4-6-16(15)20-13-8-7-12(10-18)14(17)9-13/h3-9,11H,1-2H3. The molecule has 0 fully saturated rings. The van der Waals surface area contributed by atoms with Crippen LogP contribution in [0, 0.1) is 11.3 Å². The molecular formula is C16H14ClNO2. The summed E-state index contributed by atoms with van der Waals surface area (Å²) in [7, 11) is 0. The molecule has 0 spiro atoms. The third-order valence-corrected chi connectivity index (χ3v) is 2.81. The Balaban J connectivity index is 2.26. The molecule has 2 aromatic carbocycles. The molecule has 0 aliphatic carbocycles. The normalized spacial score (nSPS) is 10.2. The lowest BCUT2D eigenvalue weighted by Gasteiger charge is -2.14. The van der Waals surface area contributed by atoms with Crippen LogP contribution in [0.25, 0.3) is 0 Å². The minimum Gasteiger partial charge on any atom is -0.487 e. The van der Waals surface area contributed by atoms with Crippen molar-refractivity contribution in [2.75, 3.05) is 0 Å². The van der Waals surface area contributed by atoms with Crippen molar-refractivity contribution < 1.29 is 9.47 Å². The van der Waals surface area contributed by atoms with Crippen molar-refractivity contribution in [3.05, 3.63) is 53.1 Å². The minimum absolute atomic E-state index is 0.0595. The van der Waals surface area contributed by atoms with E-state index in [0.29, 0.717) is 27.8 Å². The van der Waals surface area contributed by atoms with Crippen LogP contribution in [-0.2, 0) is 0 Å². The lowest BCUT2D eigenvalue weighted by Crippen LogP contribution is -2.06. The molecule has 0 saturated heterocycles. The van der Waals surface area contributed by atoms with Crippen LogP contribution in [0.15, 0.2) is 42.5 Å². The molecule has 0 aromatic heterocycles. The van der Waals surface area contributed by atoms with E-state index in [2.05, 4.69) is 0 Å². The second-order valence-electron chi connectivity index (χ2n) is 4.47. The highest BCUT2D eigenvalue weighted by Gasteiger charge is 2.08. The molecule has 20 heavy (non-hydrogen) atoms. The fraction of sp³-hybridized carbons (Fsp3) is 0.188. The number of nitrogens with zero attached hydrogens (tertiary/aromatic N) is 1. The van der Waals surface area contributed by atoms with Crippen molar-refractivity contribution in [3.63, 3.8) is 0 Å². The Hall–Kier alpha value is -2.18. The molecule has 0 atom stereocenters. The number of benzene rings is 2. The SMILES string of the molecule is CC(C)Oc1ccccc1Oc1ccc(C#N)c(Cl)c1. The Morgan fingerprint density at radius 3 is 2.40 bits per heavy atom. The third kappa shape index (κ3) is 3.43. The van der Waals surface area contributed by atoms with Crippen molar-refractivity contribution in [2.45, 2.75) is 20.0 Å². The van der Waals surface area contributed by atoms with Gasteiger partial charge in [0.25, 0.3) is 0 Å². The zero-order chi connectivity index (χ0) is 14.5. The second kappa shape index (κ2) is 6.31. The highest BCUT2D eigenvalue weighted by atomic mass is 35.5. The summed E-state index contributed by atoms with van der Waals surface area (Å²) in [5, 5.41) is 9.21. The Bertz CT molecular complexity index is 647. The second-order valence-corrected chi connectivity index (χ2v) is 4.88. The number of rotatable bonds is 4. The van der Waals surface area contributed by atoms with Gasteiger partial charge in [-0.2, -0.15) is 5.26 Å². The molecule has 3 nitrogen and oxygen atoms in total. The number of hydrogen-bond donors (Lipinski definition) is 0. The van der Waals surface area contributed by atoms with E-state index < -0.39 is 0 Å². The van der Waals surface area contributed by atoms with E-state index in [1.807, 2.05) is 44.2 Å². The first-order chi connectivity index (χ1) is 9.60. The smallest absolute Gasteiger partial charge is 0.169 e. The van der Waals surface area contributed by atoms with Crippen molar-refractivity contribution in [1.29, 1.82) is 5.26 Å². The molecule has 0 N–H and O–H groups in total. The van der Waals surface area contributed by atoms with Crippen LogP contribution in [0.5, 0.6) is 17.2 Å². The average Bonchev–Trinajstić information content (AvgIpc) is 2.41. The summed E-state index contributed by atoms with van der Waals surface area (Å²) in [5.41, 5.74) is 0.422. The molecule has 0 bridgehead atoms. The third-order valence-electron chi connectivity index (χ3n) is 2.50. The Morgan fingerprint density at radius 2 is 1.80 bits per heavy atom. The van der Waals surface area contributed by atoms with Gasteiger partial charge in [-0.3, -0.25) is 0 Å². The van der Waals surface area contributed by atoms with Crippen molar-refractivity contribution in [3.8, 4) is 23.3 Å². The van der Waals surface area contributed by atoms with Crippen LogP contribution in [0.3, 0.4) is 0 Å². The first-order valence-corrected chi connectivity index (χ1v) is 6.61. The van der Waals surface area contributed by atoms with Gasteiger partial charge in [-0.1, -0.05) is 23.7 Å². The zero-order valence-corrected chi connectivity index (χ0v) is 12.0. The molecule has 0 unspecified atom stereocenters. The van der Waals surface area contributed by atoms with Crippen LogP contribution in [0.2, 0.25) is 5.02 Å². The van der Waals surface area contributed by atoms with Gasteiger partial charge in [0.2, 0.25) is 0 Å². The maximum Gasteiger partial charge on any atom is 0.169 e. The molecule has 0 saturated carbocycles. The molecule has 0 aliphatic rings. The first-order valence-electron chi connectivity index (χ1n) is 6.23. The van der Waals surface area contributed by atoms with Gasteiger partial charge in [0.05, 0.1) is 16.7 Å². The van der Waals surface area contributed by atoms with E-state index in [9.17, 15) is 0 Å². The fourth-order valence-electron chi connectivity index (χ4n) is 1.66. The maximum absolute atomic E-state index is 8.85. The monoisotopic (exact) mass is 287 g/mol. The summed E-state index contributed by atoms with van der Waals surface area (Å²) in [6, 6.07) is 14.4. The Labute approximate surface area is 123 Å². The van der Waals surface area contributed by atoms with Crippen molar-refractivity contribution in [2.24, 2.45) is 0 Å². The van der Waals surface area contributed by atoms with Crippen LogP contribution in [0.4, 0.5) is 0 Å². The Morgan fingerprint density at radius 1 is 1.10 bits per heavy atom. The summed E-state index contributed by atoms with van der Waals surface area (Å²) in [6.07, 6.45) is 0.0595. The van der Waals surface area contributed by atoms with Crippen LogP contribution >= 0.6 is 11.6 Å².